The van der Waals surface area contributed by atoms with Gasteiger partial charge in [-0.2, -0.15) is 0 Å². The van der Waals surface area contributed by atoms with Crippen LogP contribution in [-0.4, -0.2) is 13.1 Å². The first-order valence-electron chi connectivity index (χ1n) is 8.26. The smallest absolute Gasteiger partial charge is 0.00773 e. The van der Waals surface area contributed by atoms with E-state index >= 15 is 0 Å². The monoisotopic (exact) mass is 368 g/mol. The third kappa shape index (κ3) is 10.8. The fraction of sp³-hybridized carbons (Fsp3) is 0.765. The predicted octanol–water partition coefficient (Wildman–Crippen LogP) is 5.02. The van der Waals surface area contributed by atoms with Gasteiger partial charge in [0.05, 0.1) is 0 Å². The summed E-state index contributed by atoms with van der Waals surface area (Å²) in [5.74, 6) is 0. The molecule has 0 radical (unpaired) electrons. The molecule has 1 aromatic rings. The van der Waals surface area contributed by atoms with E-state index in [0.717, 1.165) is 19.5 Å². The minimum atomic E-state index is 0. The van der Waals surface area contributed by atoms with Crippen molar-refractivity contribution < 1.29 is 0 Å². The molecule has 132 valence electrons. The lowest BCUT2D eigenvalue weighted by atomic mass is 10.1. The molecule has 1 aromatic heterocycles. The standard InChI is InChI=1S/C17H32N2S.2ClH/c1-15-14-16(20-17(15)11-7-9-13-19)10-6-4-2-3-5-8-12-18;;/h14H,2-13,18-19H2,1H3;2*1H. The second-order valence-electron chi connectivity index (χ2n) is 5.72. The Kier molecular flexibility index (Phi) is 17.9. The third-order valence-corrected chi connectivity index (χ3v) is 5.16. The van der Waals surface area contributed by atoms with Gasteiger partial charge >= 0.3 is 0 Å². The summed E-state index contributed by atoms with van der Waals surface area (Å²) in [7, 11) is 0. The highest BCUT2D eigenvalue weighted by Gasteiger charge is 2.05. The Morgan fingerprint density at radius 1 is 0.773 bits per heavy atom. The Labute approximate surface area is 153 Å². The molecule has 5 heteroatoms. The molecule has 0 atom stereocenters. The molecule has 0 aromatic carbocycles. The molecule has 0 bridgehead atoms. The summed E-state index contributed by atoms with van der Waals surface area (Å²) in [6.07, 6.45) is 12.8. The van der Waals surface area contributed by atoms with E-state index < -0.39 is 0 Å². The van der Waals surface area contributed by atoms with Crippen LogP contribution in [0, 0.1) is 6.92 Å². The molecule has 0 spiro atoms. The van der Waals surface area contributed by atoms with E-state index in [4.69, 9.17) is 11.5 Å². The van der Waals surface area contributed by atoms with E-state index in [1.807, 2.05) is 11.3 Å². The van der Waals surface area contributed by atoms with Gasteiger partial charge in [-0.05, 0) is 70.2 Å². The first kappa shape index (κ1) is 24.5. The normalized spacial score (nSPS) is 10.1. The highest BCUT2D eigenvalue weighted by Crippen LogP contribution is 2.25. The van der Waals surface area contributed by atoms with Crippen LogP contribution in [0.5, 0.6) is 0 Å². The van der Waals surface area contributed by atoms with Crippen LogP contribution in [0.15, 0.2) is 6.07 Å². The van der Waals surface area contributed by atoms with Crippen LogP contribution in [0.25, 0.3) is 0 Å². The van der Waals surface area contributed by atoms with Gasteiger partial charge in [0.15, 0.2) is 0 Å². The Bertz CT molecular complexity index is 356. The second kappa shape index (κ2) is 16.1. The summed E-state index contributed by atoms with van der Waals surface area (Å²) in [6, 6.07) is 2.40. The molecular weight excluding hydrogens is 335 g/mol. The van der Waals surface area contributed by atoms with Crippen molar-refractivity contribution in [2.45, 2.75) is 71.1 Å². The van der Waals surface area contributed by atoms with Gasteiger partial charge in [0.1, 0.15) is 0 Å². The average molecular weight is 369 g/mol. The zero-order valence-electron chi connectivity index (χ0n) is 13.9. The van der Waals surface area contributed by atoms with Crippen molar-refractivity contribution in [2.75, 3.05) is 13.1 Å². The van der Waals surface area contributed by atoms with E-state index in [1.54, 1.807) is 9.75 Å². The van der Waals surface area contributed by atoms with Crippen molar-refractivity contribution in [2.24, 2.45) is 11.5 Å². The number of rotatable bonds is 12. The highest BCUT2D eigenvalue weighted by atomic mass is 35.5. The molecule has 0 fully saturated rings. The maximum Gasteiger partial charge on any atom is 0.00773 e. The minimum Gasteiger partial charge on any atom is -0.330 e. The number of hydrogen-bond donors (Lipinski definition) is 2. The topological polar surface area (TPSA) is 52.0 Å². The number of nitrogens with two attached hydrogens (primary N) is 2. The number of halogens is 2. The van der Waals surface area contributed by atoms with Crippen LogP contribution in [0.2, 0.25) is 0 Å². The van der Waals surface area contributed by atoms with Crippen molar-refractivity contribution in [3.63, 3.8) is 0 Å². The molecule has 22 heavy (non-hydrogen) atoms. The molecule has 0 saturated carbocycles. The SMILES string of the molecule is Cc1cc(CCCCCCCCN)sc1CCCCN.Cl.Cl. The fourth-order valence-electron chi connectivity index (χ4n) is 2.54. The van der Waals surface area contributed by atoms with Gasteiger partial charge in [-0.3, -0.25) is 0 Å². The summed E-state index contributed by atoms with van der Waals surface area (Å²) in [4.78, 5) is 3.16. The molecule has 0 saturated heterocycles. The van der Waals surface area contributed by atoms with E-state index in [-0.39, 0.29) is 24.8 Å². The summed E-state index contributed by atoms with van der Waals surface area (Å²) >= 11 is 2.02. The van der Waals surface area contributed by atoms with Crippen LogP contribution < -0.4 is 11.5 Å². The molecule has 0 unspecified atom stereocenters. The van der Waals surface area contributed by atoms with Gasteiger partial charge in [0, 0.05) is 9.75 Å². The fourth-order valence-corrected chi connectivity index (χ4v) is 3.81. The largest absolute Gasteiger partial charge is 0.330 e. The summed E-state index contributed by atoms with van der Waals surface area (Å²) in [5.41, 5.74) is 12.5. The Balaban J connectivity index is 0. The first-order valence-corrected chi connectivity index (χ1v) is 9.08. The number of aryl methyl sites for hydroxylation is 3. The van der Waals surface area contributed by atoms with Crippen LogP contribution in [0.4, 0.5) is 0 Å². The van der Waals surface area contributed by atoms with Crippen molar-refractivity contribution >= 4 is 36.2 Å². The lowest BCUT2D eigenvalue weighted by molar-refractivity contribution is 0.599. The molecule has 1 rings (SSSR count). The quantitative estimate of drug-likeness (QED) is 0.508. The molecule has 0 aliphatic rings. The molecule has 2 nitrogen and oxygen atoms in total. The van der Waals surface area contributed by atoms with Gasteiger partial charge in [0.25, 0.3) is 0 Å². The van der Waals surface area contributed by atoms with E-state index in [2.05, 4.69) is 13.0 Å². The Hall–Kier alpha value is 0.200. The molecule has 0 aliphatic heterocycles. The van der Waals surface area contributed by atoms with Crippen LogP contribution in [0.1, 0.15) is 66.7 Å². The third-order valence-electron chi connectivity index (χ3n) is 3.81. The predicted molar refractivity (Wildman–Crippen MR) is 106 cm³/mol. The summed E-state index contributed by atoms with van der Waals surface area (Å²) in [6.45, 7) is 3.92. The van der Waals surface area contributed by atoms with E-state index in [1.165, 1.54) is 63.4 Å². The van der Waals surface area contributed by atoms with Crippen LogP contribution in [-0.2, 0) is 12.8 Å². The van der Waals surface area contributed by atoms with Crippen LogP contribution in [0.3, 0.4) is 0 Å². The second-order valence-corrected chi connectivity index (χ2v) is 6.95. The van der Waals surface area contributed by atoms with Crippen molar-refractivity contribution in [1.82, 2.24) is 0 Å². The van der Waals surface area contributed by atoms with Gasteiger partial charge in [-0.15, -0.1) is 36.2 Å². The van der Waals surface area contributed by atoms with Gasteiger partial charge in [0.2, 0.25) is 0 Å². The number of hydrogen-bond acceptors (Lipinski definition) is 3. The maximum atomic E-state index is 5.56. The zero-order chi connectivity index (χ0) is 14.6. The van der Waals surface area contributed by atoms with Crippen molar-refractivity contribution in [1.29, 1.82) is 0 Å². The van der Waals surface area contributed by atoms with Gasteiger partial charge < -0.3 is 11.5 Å². The van der Waals surface area contributed by atoms with Gasteiger partial charge in [-0.25, -0.2) is 0 Å². The molecular formula is C17H34Cl2N2S. The summed E-state index contributed by atoms with van der Waals surface area (Å²) < 4.78 is 0. The zero-order valence-corrected chi connectivity index (χ0v) is 16.4. The van der Waals surface area contributed by atoms with Crippen molar-refractivity contribution in [3.8, 4) is 0 Å². The lowest BCUT2D eigenvalue weighted by Crippen LogP contribution is -1.98. The molecule has 1 heterocycles. The van der Waals surface area contributed by atoms with Crippen molar-refractivity contribution in [3.05, 3.63) is 21.4 Å². The Morgan fingerprint density at radius 2 is 1.27 bits per heavy atom. The first-order chi connectivity index (χ1) is 9.77. The van der Waals surface area contributed by atoms with Gasteiger partial charge in [-0.1, -0.05) is 25.7 Å². The Morgan fingerprint density at radius 3 is 1.91 bits per heavy atom. The molecule has 0 amide bonds. The highest BCUT2D eigenvalue weighted by molar-refractivity contribution is 7.12. The van der Waals surface area contributed by atoms with Crippen LogP contribution >= 0.6 is 36.2 Å². The maximum absolute atomic E-state index is 5.56. The van der Waals surface area contributed by atoms with E-state index in [9.17, 15) is 0 Å². The number of unbranched alkanes of at least 4 members (excludes halogenated alkanes) is 6. The molecule has 0 aliphatic carbocycles. The van der Waals surface area contributed by atoms with E-state index in [0.29, 0.717) is 0 Å². The minimum absolute atomic E-state index is 0. The molecule has 4 N–H and O–H groups in total. The lowest BCUT2D eigenvalue weighted by Gasteiger charge is -2.00. The summed E-state index contributed by atoms with van der Waals surface area (Å²) in [5, 5.41) is 0. The number of thiophene rings is 1. The average Bonchev–Trinajstić information content (AvgIpc) is 2.79.